The highest BCUT2D eigenvalue weighted by molar-refractivity contribution is 5.48. The first-order valence-corrected chi connectivity index (χ1v) is 10.8. The van der Waals surface area contributed by atoms with E-state index >= 15 is 0 Å². The summed E-state index contributed by atoms with van der Waals surface area (Å²) < 4.78 is 16.1. The third-order valence-corrected chi connectivity index (χ3v) is 5.81. The van der Waals surface area contributed by atoms with E-state index in [1.54, 1.807) is 6.07 Å². The average Bonchev–Trinajstić information content (AvgIpc) is 3.23. The molecule has 1 aromatic heterocycles. The molecule has 3 aromatic rings. The molecule has 1 aliphatic rings. The lowest BCUT2D eigenvalue weighted by Gasteiger charge is -2.39. The molecule has 1 saturated heterocycles. The van der Waals surface area contributed by atoms with Gasteiger partial charge in [0.2, 0.25) is 0 Å². The highest BCUT2D eigenvalue weighted by Gasteiger charge is 2.29. The van der Waals surface area contributed by atoms with Gasteiger partial charge in [-0.3, -0.25) is 4.90 Å². The summed E-state index contributed by atoms with van der Waals surface area (Å²) in [4.78, 5) is 4.59. The molecule has 0 saturated carbocycles. The second-order valence-electron chi connectivity index (χ2n) is 7.81. The summed E-state index contributed by atoms with van der Waals surface area (Å²) in [7, 11) is 0. The number of para-hydroxylation sites is 1. The van der Waals surface area contributed by atoms with Crippen LogP contribution in [0.15, 0.2) is 54.6 Å². The Hall–Kier alpha value is -2.80. The molecule has 0 N–H and O–H groups in total. The number of rotatable bonds is 8. The van der Waals surface area contributed by atoms with E-state index in [4.69, 9.17) is 0 Å². The van der Waals surface area contributed by atoms with Crippen molar-refractivity contribution in [3.8, 4) is 0 Å². The highest BCUT2D eigenvalue weighted by Crippen LogP contribution is 2.28. The number of tetrazole rings is 1. The Morgan fingerprint density at radius 2 is 1.70 bits per heavy atom. The van der Waals surface area contributed by atoms with Gasteiger partial charge in [-0.1, -0.05) is 62.2 Å². The summed E-state index contributed by atoms with van der Waals surface area (Å²) in [5, 5.41) is 12.7. The molecule has 0 bridgehead atoms. The first-order valence-electron chi connectivity index (χ1n) is 10.8. The number of anilines is 1. The summed E-state index contributed by atoms with van der Waals surface area (Å²) in [5.74, 6) is 0.770. The van der Waals surface area contributed by atoms with Crippen LogP contribution in [-0.2, 0) is 6.54 Å². The average molecular weight is 409 g/mol. The number of piperazine rings is 1. The van der Waals surface area contributed by atoms with E-state index in [1.165, 1.54) is 11.6 Å². The third kappa shape index (κ3) is 4.67. The second-order valence-corrected chi connectivity index (χ2v) is 7.81. The largest absolute Gasteiger partial charge is 0.367 e. The zero-order valence-electron chi connectivity index (χ0n) is 17.5. The van der Waals surface area contributed by atoms with Gasteiger partial charge in [0.15, 0.2) is 5.82 Å². The molecule has 6 nitrogen and oxygen atoms in total. The molecule has 158 valence electrons. The molecule has 2 heterocycles. The molecule has 0 spiro atoms. The minimum Gasteiger partial charge on any atom is -0.367 e. The standard InChI is InChI=1S/C23H29FN6/c1-2-3-12-22(23-25-26-27-30(23)18-19-9-5-4-6-10-19)29-16-14-28(15-17-29)21-13-8-7-11-20(21)24/h4-11,13,22H,2-3,12,14-18H2,1H3/t22-/m1/s1. The van der Waals surface area contributed by atoms with Crippen molar-refractivity contribution in [2.45, 2.75) is 38.8 Å². The first-order chi connectivity index (χ1) is 14.8. The van der Waals surface area contributed by atoms with Gasteiger partial charge in [0.05, 0.1) is 18.3 Å². The summed E-state index contributed by atoms with van der Waals surface area (Å²) in [6, 6.07) is 17.5. The molecule has 7 heteroatoms. The van der Waals surface area contributed by atoms with E-state index in [0.717, 1.165) is 51.3 Å². The molecular weight excluding hydrogens is 379 g/mol. The van der Waals surface area contributed by atoms with Crippen molar-refractivity contribution < 1.29 is 4.39 Å². The monoisotopic (exact) mass is 408 g/mol. The van der Waals surface area contributed by atoms with Gasteiger partial charge in [-0.15, -0.1) is 5.10 Å². The van der Waals surface area contributed by atoms with Gasteiger partial charge in [-0.25, -0.2) is 9.07 Å². The maximum atomic E-state index is 14.2. The fourth-order valence-corrected chi connectivity index (χ4v) is 4.17. The van der Waals surface area contributed by atoms with Crippen LogP contribution in [0.3, 0.4) is 0 Å². The Kier molecular flexibility index (Phi) is 6.69. The van der Waals surface area contributed by atoms with Gasteiger partial charge in [0, 0.05) is 26.2 Å². The van der Waals surface area contributed by atoms with E-state index in [2.05, 4.69) is 44.4 Å². The molecule has 0 amide bonds. The van der Waals surface area contributed by atoms with Crippen LogP contribution in [0.25, 0.3) is 0 Å². The van der Waals surface area contributed by atoms with E-state index in [0.29, 0.717) is 12.2 Å². The Morgan fingerprint density at radius 1 is 0.967 bits per heavy atom. The molecular formula is C23H29FN6. The van der Waals surface area contributed by atoms with Crippen LogP contribution in [0.1, 0.15) is 43.6 Å². The normalized spacial score (nSPS) is 16.0. The fourth-order valence-electron chi connectivity index (χ4n) is 4.17. The van der Waals surface area contributed by atoms with Crippen molar-refractivity contribution in [3.05, 3.63) is 71.8 Å². The number of halogens is 1. The number of unbranched alkanes of at least 4 members (excludes halogenated alkanes) is 1. The van der Waals surface area contributed by atoms with Gasteiger partial charge in [0.1, 0.15) is 5.82 Å². The molecule has 1 atom stereocenters. The van der Waals surface area contributed by atoms with Crippen molar-refractivity contribution in [1.82, 2.24) is 25.1 Å². The number of nitrogens with zero attached hydrogens (tertiary/aromatic N) is 6. The number of benzene rings is 2. The molecule has 1 fully saturated rings. The van der Waals surface area contributed by atoms with E-state index in [1.807, 2.05) is 35.0 Å². The smallest absolute Gasteiger partial charge is 0.168 e. The zero-order chi connectivity index (χ0) is 20.8. The lowest BCUT2D eigenvalue weighted by Crippen LogP contribution is -2.48. The maximum absolute atomic E-state index is 14.2. The molecule has 2 aromatic carbocycles. The minimum atomic E-state index is -0.153. The maximum Gasteiger partial charge on any atom is 0.168 e. The van der Waals surface area contributed by atoms with Gasteiger partial charge < -0.3 is 4.90 Å². The lowest BCUT2D eigenvalue weighted by atomic mass is 10.1. The van der Waals surface area contributed by atoms with Gasteiger partial charge in [0.25, 0.3) is 0 Å². The Bertz CT molecular complexity index is 920. The number of aromatic nitrogens is 4. The van der Waals surface area contributed by atoms with Crippen LogP contribution in [0.2, 0.25) is 0 Å². The fraction of sp³-hybridized carbons (Fsp3) is 0.435. The Labute approximate surface area is 177 Å². The SMILES string of the molecule is CCCC[C@H](c1nnnn1Cc1ccccc1)N1CCN(c2ccccc2F)CC1. The van der Waals surface area contributed by atoms with Crippen LogP contribution in [-0.4, -0.2) is 51.3 Å². The van der Waals surface area contributed by atoms with Crippen molar-refractivity contribution in [2.75, 3.05) is 31.1 Å². The van der Waals surface area contributed by atoms with Crippen LogP contribution < -0.4 is 4.90 Å². The molecule has 4 rings (SSSR count). The lowest BCUT2D eigenvalue weighted by molar-refractivity contribution is 0.162. The number of hydrogen-bond donors (Lipinski definition) is 0. The summed E-state index contributed by atoms with van der Waals surface area (Å²) in [6.07, 6.45) is 3.27. The van der Waals surface area contributed by atoms with E-state index in [9.17, 15) is 4.39 Å². The Balaban J connectivity index is 1.49. The van der Waals surface area contributed by atoms with E-state index in [-0.39, 0.29) is 11.9 Å². The topological polar surface area (TPSA) is 50.1 Å². The molecule has 0 radical (unpaired) electrons. The van der Waals surface area contributed by atoms with Crippen LogP contribution >= 0.6 is 0 Å². The van der Waals surface area contributed by atoms with Crippen molar-refractivity contribution in [2.24, 2.45) is 0 Å². The molecule has 1 aliphatic heterocycles. The van der Waals surface area contributed by atoms with Gasteiger partial charge >= 0.3 is 0 Å². The second kappa shape index (κ2) is 9.80. The Morgan fingerprint density at radius 3 is 2.43 bits per heavy atom. The van der Waals surface area contributed by atoms with Crippen LogP contribution in [0.4, 0.5) is 10.1 Å². The minimum absolute atomic E-state index is 0.153. The zero-order valence-corrected chi connectivity index (χ0v) is 17.5. The van der Waals surface area contributed by atoms with Gasteiger partial charge in [-0.05, 0) is 34.5 Å². The summed E-state index contributed by atoms with van der Waals surface area (Å²) in [5.41, 5.74) is 1.88. The van der Waals surface area contributed by atoms with Crippen molar-refractivity contribution in [3.63, 3.8) is 0 Å². The van der Waals surface area contributed by atoms with Crippen LogP contribution in [0, 0.1) is 5.82 Å². The summed E-state index contributed by atoms with van der Waals surface area (Å²) >= 11 is 0. The quantitative estimate of drug-likeness (QED) is 0.566. The van der Waals surface area contributed by atoms with E-state index < -0.39 is 0 Å². The predicted octanol–water partition coefficient (Wildman–Crippen LogP) is 3.91. The van der Waals surface area contributed by atoms with Crippen molar-refractivity contribution >= 4 is 5.69 Å². The number of hydrogen-bond acceptors (Lipinski definition) is 5. The molecule has 0 aliphatic carbocycles. The predicted molar refractivity (Wildman–Crippen MR) is 116 cm³/mol. The van der Waals surface area contributed by atoms with Gasteiger partial charge in [-0.2, -0.15) is 0 Å². The third-order valence-electron chi connectivity index (χ3n) is 5.81. The highest BCUT2D eigenvalue weighted by atomic mass is 19.1. The summed E-state index contributed by atoms with van der Waals surface area (Å²) in [6.45, 7) is 6.19. The molecule has 0 unspecified atom stereocenters. The van der Waals surface area contributed by atoms with Crippen LogP contribution in [0.5, 0.6) is 0 Å². The first kappa shape index (κ1) is 20.5. The molecule has 30 heavy (non-hydrogen) atoms. The van der Waals surface area contributed by atoms with Crippen molar-refractivity contribution in [1.29, 1.82) is 0 Å².